The molecule has 1 N–H and O–H groups in total. The van der Waals surface area contributed by atoms with Gasteiger partial charge < -0.3 is 9.84 Å². The van der Waals surface area contributed by atoms with E-state index in [9.17, 15) is 9.50 Å². The van der Waals surface area contributed by atoms with Gasteiger partial charge in [-0.25, -0.2) is 9.37 Å². The molecule has 0 bridgehead atoms. The number of benzene rings is 2. The van der Waals surface area contributed by atoms with Crippen LogP contribution in [0, 0.1) is 5.82 Å². The number of hydrogen-bond acceptors (Lipinski definition) is 3. The lowest BCUT2D eigenvalue weighted by atomic mass is 10.1. The van der Waals surface area contributed by atoms with Gasteiger partial charge in [0.15, 0.2) is 0 Å². The minimum Gasteiger partial charge on any atom is -0.472 e. The number of rotatable bonds is 4. The molecule has 3 nitrogen and oxygen atoms in total. The Kier molecular flexibility index (Phi) is 3.79. The molecule has 0 saturated carbocycles. The minimum absolute atomic E-state index is 0.0822. The fourth-order valence-electron chi connectivity index (χ4n) is 2.23. The maximum absolute atomic E-state index is 13.6. The quantitative estimate of drug-likeness (QED) is 0.797. The number of hydrogen-bond donors (Lipinski definition) is 1. The molecule has 1 heterocycles. The maximum Gasteiger partial charge on any atom is 0.221 e. The number of fused-ring (bicyclic) bond motifs is 1. The summed E-state index contributed by atoms with van der Waals surface area (Å²) in [6, 6.07) is 14.0. The highest BCUT2D eigenvalue weighted by Crippen LogP contribution is 2.26. The van der Waals surface area contributed by atoms with Crippen LogP contribution in [0.4, 0.5) is 4.39 Å². The largest absolute Gasteiger partial charge is 0.472 e. The van der Waals surface area contributed by atoms with E-state index < -0.39 is 0 Å². The second-order valence-electron chi connectivity index (χ2n) is 4.67. The summed E-state index contributed by atoms with van der Waals surface area (Å²) in [5.41, 5.74) is 1.22. The summed E-state index contributed by atoms with van der Waals surface area (Å²) in [6.45, 7) is 0.0310. The fourth-order valence-corrected chi connectivity index (χ4v) is 2.23. The molecule has 0 aliphatic heterocycles. The van der Waals surface area contributed by atoms with Crippen LogP contribution < -0.4 is 4.74 Å². The van der Waals surface area contributed by atoms with Gasteiger partial charge in [-0.1, -0.05) is 36.4 Å². The van der Waals surface area contributed by atoms with E-state index in [2.05, 4.69) is 4.98 Å². The first-order chi connectivity index (χ1) is 10.3. The van der Waals surface area contributed by atoms with Gasteiger partial charge in [0.05, 0.1) is 6.61 Å². The van der Waals surface area contributed by atoms with Crippen LogP contribution in [-0.2, 0) is 13.2 Å². The average molecular weight is 283 g/mol. The summed E-state index contributed by atoms with van der Waals surface area (Å²) in [5, 5.41) is 11.0. The van der Waals surface area contributed by atoms with Crippen molar-refractivity contribution in [2.75, 3.05) is 0 Å². The molecule has 0 radical (unpaired) electrons. The van der Waals surface area contributed by atoms with E-state index >= 15 is 0 Å². The van der Waals surface area contributed by atoms with Crippen LogP contribution >= 0.6 is 0 Å². The van der Waals surface area contributed by atoms with Crippen molar-refractivity contribution in [3.8, 4) is 5.88 Å². The molecule has 0 spiro atoms. The Bertz CT molecular complexity index is 774. The minimum atomic E-state index is -0.297. The standard InChI is InChI=1S/C17H14FNO2/c18-16-8-4-1-5-12(16)11-21-17-15-7-3-2-6-14(15)13(10-20)9-19-17/h1-9,20H,10-11H2. The van der Waals surface area contributed by atoms with Crippen molar-refractivity contribution in [2.45, 2.75) is 13.2 Å². The van der Waals surface area contributed by atoms with Crippen molar-refractivity contribution in [1.82, 2.24) is 4.98 Å². The molecular weight excluding hydrogens is 269 g/mol. The first-order valence-electron chi connectivity index (χ1n) is 6.63. The third kappa shape index (κ3) is 2.71. The van der Waals surface area contributed by atoms with E-state index in [4.69, 9.17) is 4.74 Å². The molecule has 106 valence electrons. The van der Waals surface area contributed by atoms with Crippen molar-refractivity contribution in [2.24, 2.45) is 0 Å². The first-order valence-corrected chi connectivity index (χ1v) is 6.63. The van der Waals surface area contributed by atoms with Crippen molar-refractivity contribution < 1.29 is 14.2 Å². The van der Waals surface area contributed by atoms with E-state index in [0.717, 1.165) is 16.3 Å². The van der Waals surface area contributed by atoms with Crippen molar-refractivity contribution in [3.05, 3.63) is 71.7 Å². The predicted octanol–water partition coefficient (Wildman–Crippen LogP) is 3.45. The fraction of sp³-hybridized carbons (Fsp3) is 0.118. The Balaban J connectivity index is 1.93. The zero-order valence-corrected chi connectivity index (χ0v) is 11.3. The molecule has 2 aromatic carbocycles. The zero-order chi connectivity index (χ0) is 14.7. The lowest BCUT2D eigenvalue weighted by Gasteiger charge is -2.11. The van der Waals surface area contributed by atoms with E-state index in [1.54, 1.807) is 24.4 Å². The normalized spacial score (nSPS) is 10.8. The van der Waals surface area contributed by atoms with Gasteiger partial charge in [0.1, 0.15) is 12.4 Å². The Morgan fingerprint density at radius 1 is 0.952 bits per heavy atom. The summed E-state index contributed by atoms with van der Waals surface area (Å²) in [4.78, 5) is 4.22. The molecule has 21 heavy (non-hydrogen) atoms. The van der Waals surface area contributed by atoms with E-state index in [1.807, 2.05) is 24.3 Å². The Hall–Kier alpha value is -2.46. The molecule has 0 amide bonds. The summed E-state index contributed by atoms with van der Waals surface area (Å²) in [7, 11) is 0. The Morgan fingerprint density at radius 3 is 2.43 bits per heavy atom. The number of ether oxygens (including phenoxy) is 1. The number of nitrogens with zero attached hydrogens (tertiary/aromatic N) is 1. The second-order valence-corrected chi connectivity index (χ2v) is 4.67. The summed E-state index contributed by atoms with van der Waals surface area (Å²) < 4.78 is 19.2. The van der Waals surface area contributed by atoms with E-state index in [1.165, 1.54) is 6.07 Å². The first kappa shape index (κ1) is 13.5. The van der Waals surface area contributed by atoms with Crippen LogP contribution in [-0.4, -0.2) is 10.1 Å². The van der Waals surface area contributed by atoms with Crippen molar-refractivity contribution >= 4 is 10.8 Å². The van der Waals surface area contributed by atoms with Gasteiger partial charge in [-0.05, 0) is 17.5 Å². The Morgan fingerprint density at radius 2 is 1.67 bits per heavy atom. The van der Waals surface area contributed by atoms with Crippen LogP contribution in [0.1, 0.15) is 11.1 Å². The molecule has 3 rings (SSSR count). The molecule has 0 aliphatic rings. The van der Waals surface area contributed by atoms with Crippen LogP contribution in [0.2, 0.25) is 0 Å². The molecule has 0 aliphatic carbocycles. The molecule has 0 saturated heterocycles. The third-order valence-corrected chi connectivity index (χ3v) is 3.33. The maximum atomic E-state index is 13.6. The lowest BCUT2D eigenvalue weighted by Crippen LogP contribution is -2.01. The molecule has 0 atom stereocenters. The Labute approximate surface area is 121 Å². The molecule has 3 aromatic rings. The smallest absolute Gasteiger partial charge is 0.221 e. The summed E-state index contributed by atoms with van der Waals surface area (Å²) in [6.07, 6.45) is 1.58. The van der Waals surface area contributed by atoms with Crippen molar-refractivity contribution in [1.29, 1.82) is 0 Å². The number of aliphatic hydroxyl groups excluding tert-OH is 1. The topological polar surface area (TPSA) is 42.4 Å². The molecule has 0 unspecified atom stereocenters. The van der Waals surface area contributed by atoms with Gasteiger partial charge in [-0.15, -0.1) is 0 Å². The highest BCUT2D eigenvalue weighted by atomic mass is 19.1. The molecule has 0 fully saturated rings. The van der Waals surface area contributed by atoms with Crippen LogP contribution in [0.25, 0.3) is 10.8 Å². The van der Waals surface area contributed by atoms with Gasteiger partial charge in [-0.2, -0.15) is 0 Å². The molecule has 1 aromatic heterocycles. The molecule has 4 heteroatoms. The number of aromatic nitrogens is 1. The van der Waals surface area contributed by atoms with Gasteiger partial charge in [0.25, 0.3) is 0 Å². The summed E-state index contributed by atoms with van der Waals surface area (Å²) in [5.74, 6) is 0.139. The van der Waals surface area contributed by atoms with Gasteiger partial charge >= 0.3 is 0 Å². The van der Waals surface area contributed by atoms with E-state index in [-0.39, 0.29) is 19.0 Å². The van der Waals surface area contributed by atoms with Crippen molar-refractivity contribution in [3.63, 3.8) is 0 Å². The SMILES string of the molecule is OCc1cnc(OCc2ccccc2F)c2ccccc12. The van der Waals surface area contributed by atoms with Gasteiger partial charge in [0, 0.05) is 22.7 Å². The lowest BCUT2D eigenvalue weighted by molar-refractivity contribution is 0.280. The van der Waals surface area contributed by atoms with E-state index in [0.29, 0.717) is 11.4 Å². The van der Waals surface area contributed by atoms with Crippen LogP contribution in [0.15, 0.2) is 54.7 Å². The average Bonchev–Trinajstić information content (AvgIpc) is 2.54. The number of aliphatic hydroxyl groups is 1. The van der Waals surface area contributed by atoms with Crippen LogP contribution in [0.3, 0.4) is 0 Å². The summed E-state index contributed by atoms with van der Waals surface area (Å²) >= 11 is 0. The van der Waals surface area contributed by atoms with Gasteiger partial charge in [-0.3, -0.25) is 0 Å². The number of pyridine rings is 1. The second kappa shape index (κ2) is 5.89. The zero-order valence-electron chi connectivity index (χ0n) is 11.3. The highest BCUT2D eigenvalue weighted by molar-refractivity contribution is 5.89. The predicted molar refractivity (Wildman–Crippen MR) is 78.4 cm³/mol. The highest BCUT2D eigenvalue weighted by Gasteiger charge is 2.09. The van der Waals surface area contributed by atoms with Crippen LogP contribution in [0.5, 0.6) is 5.88 Å². The van der Waals surface area contributed by atoms with Gasteiger partial charge in [0.2, 0.25) is 5.88 Å². The monoisotopic (exact) mass is 283 g/mol. The molecular formula is C17H14FNO2. The number of halogens is 1. The third-order valence-electron chi connectivity index (χ3n) is 3.33.